The van der Waals surface area contributed by atoms with Crippen molar-refractivity contribution in [2.24, 2.45) is 0 Å². The van der Waals surface area contributed by atoms with Crippen LogP contribution in [0.5, 0.6) is 0 Å². The molecule has 1 N–H and O–H groups in total. The smallest absolute Gasteiger partial charge is 0.271 e. The summed E-state index contributed by atoms with van der Waals surface area (Å²) in [5.74, 6) is -0.295. The van der Waals surface area contributed by atoms with Gasteiger partial charge in [0.2, 0.25) is 0 Å². The van der Waals surface area contributed by atoms with E-state index in [-0.39, 0.29) is 22.8 Å². The van der Waals surface area contributed by atoms with Crippen LogP contribution in [0.4, 0.5) is 0 Å². The summed E-state index contributed by atoms with van der Waals surface area (Å²) in [5, 5.41) is 3.07. The minimum atomic E-state index is -0.295. The third-order valence-electron chi connectivity index (χ3n) is 2.22. The Balaban J connectivity index is 2.05. The van der Waals surface area contributed by atoms with Crippen LogP contribution in [0.2, 0.25) is 9.49 Å². The molecule has 2 aromatic heterocycles. The third-order valence-corrected chi connectivity index (χ3v) is 3.83. The molecule has 2 aromatic rings. The van der Waals surface area contributed by atoms with Gasteiger partial charge in [0.1, 0.15) is 10.8 Å². The number of aromatic nitrogens is 2. The van der Waals surface area contributed by atoms with Gasteiger partial charge in [0.05, 0.1) is 22.8 Å². The van der Waals surface area contributed by atoms with E-state index in [2.05, 4.69) is 15.3 Å². The van der Waals surface area contributed by atoms with Crippen molar-refractivity contribution in [1.82, 2.24) is 15.3 Å². The zero-order valence-corrected chi connectivity index (χ0v) is 11.7. The number of carbonyl (C=O) groups is 1. The lowest BCUT2D eigenvalue weighted by Crippen LogP contribution is -2.27. The summed E-state index contributed by atoms with van der Waals surface area (Å²) in [6.45, 7) is 1.88. The maximum Gasteiger partial charge on any atom is 0.271 e. The van der Waals surface area contributed by atoms with E-state index >= 15 is 0 Å². The van der Waals surface area contributed by atoms with Crippen molar-refractivity contribution in [3.63, 3.8) is 0 Å². The van der Waals surface area contributed by atoms with Crippen molar-refractivity contribution < 1.29 is 4.79 Å². The normalized spacial score (nSPS) is 12.2. The van der Waals surface area contributed by atoms with Gasteiger partial charge < -0.3 is 5.32 Å². The van der Waals surface area contributed by atoms with E-state index in [4.69, 9.17) is 23.2 Å². The molecule has 0 aliphatic rings. The summed E-state index contributed by atoms with van der Waals surface area (Å²) in [4.78, 5) is 20.6. The number of amides is 1. The van der Waals surface area contributed by atoms with E-state index in [0.717, 1.165) is 4.88 Å². The van der Waals surface area contributed by atoms with Crippen LogP contribution in [-0.4, -0.2) is 15.9 Å². The lowest BCUT2D eigenvalue weighted by molar-refractivity contribution is 0.0935. The lowest BCUT2D eigenvalue weighted by Gasteiger charge is -2.11. The quantitative estimate of drug-likeness (QED) is 0.946. The molecular formula is C11H9Cl2N3OS. The zero-order valence-electron chi connectivity index (χ0n) is 9.35. The molecule has 0 spiro atoms. The van der Waals surface area contributed by atoms with Gasteiger partial charge in [-0.25, -0.2) is 9.97 Å². The number of halogens is 2. The number of hydrogen-bond donors (Lipinski definition) is 1. The van der Waals surface area contributed by atoms with E-state index in [9.17, 15) is 4.79 Å². The first kappa shape index (κ1) is 13.3. The molecule has 2 rings (SSSR count). The Labute approximate surface area is 118 Å². The summed E-state index contributed by atoms with van der Waals surface area (Å²) in [5.41, 5.74) is 0.230. The highest BCUT2D eigenvalue weighted by atomic mass is 35.5. The second kappa shape index (κ2) is 5.65. The van der Waals surface area contributed by atoms with Gasteiger partial charge in [0, 0.05) is 4.88 Å². The predicted molar refractivity (Wildman–Crippen MR) is 72.3 cm³/mol. The Morgan fingerprint density at radius 3 is 2.67 bits per heavy atom. The molecule has 0 bridgehead atoms. The van der Waals surface area contributed by atoms with Crippen LogP contribution >= 0.6 is 34.5 Å². The monoisotopic (exact) mass is 301 g/mol. The van der Waals surface area contributed by atoms with E-state index in [1.165, 1.54) is 23.7 Å². The summed E-state index contributed by atoms with van der Waals surface area (Å²) in [6.07, 6.45) is 2.68. The SMILES string of the molecule is CC(NC(=O)c1cnc(Cl)cn1)c1ccc(Cl)s1. The zero-order chi connectivity index (χ0) is 13.1. The number of thiophene rings is 1. The Morgan fingerprint density at radius 1 is 1.33 bits per heavy atom. The number of rotatable bonds is 3. The molecule has 1 amide bonds. The molecule has 0 radical (unpaired) electrons. The number of nitrogens with zero attached hydrogens (tertiary/aromatic N) is 2. The topological polar surface area (TPSA) is 54.9 Å². The van der Waals surface area contributed by atoms with Crippen LogP contribution < -0.4 is 5.32 Å². The van der Waals surface area contributed by atoms with E-state index < -0.39 is 0 Å². The fraction of sp³-hybridized carbons (Fsp3) is 0.182. The van der Waals surface area contributed by atoms with Crippen LogP contribution in [-0.2, 0) is 0 Å². The first-order valence-corrected chi connectivity index (χ1v) is 6.67. The van der Waals surface area contributed by atoms with Crippen molar-refractivity contribution in [1.29, 1.82) is 0 Å². The second-order valence-electron chi connectivity index (χ2n) is 3.56. The molecule has 0 fully saturated rings. The van der Waals surface area contributed by atoms with Crippen LogP contribution in [0.25, 0.3) is 0 Å². The molecule has 94 valence electrons. The van der Waals surface area contributed by atoms with Gasteiger partial charge in [0.25, 0.3) is 5.91 Å². The van der Waals surface area contributed by atoms with Crippen molar-refractivity contribution in [2.45, 2.75) is 13.0 Å². The highest BCUT2D eigenvalue weighted by Crippen LogP contribution is 2.26. The molecule has 1 unspecified atom stereocenters. The van der Waals surface area contributed by atoms with E-state index in [1.807, 2.05) is 13.0 Å². The minimum Gasteiger partial charge on any atom is -0.343 e. The van der Waals surface area contributed by atoms with Gasteiger partial charge in [-0.1, -0.05) is 23.2 Å². The minimum absolute atomic E-state index is 0.132. The predicted octanol–water partition coefficient (Wildman–Crippen LogP) is 3.34. The largest absolute Gasteiger partial charge is 0.343 e. The molecule has 2 heterocycles. The Kier molecular flexibility index (Phi) is 4.16. The molecule has 0 aromatic carbocycles. The van der Waals surface area contributed by atoms with Gasteiger partial charge in [-0.3, -0.25) is 4.79 Å². The van der Waals surface area contributed by atoms with Crippen molar-refractivity contribution in [3.05, 3.63) is 44.6 Å². The molecule has 4 nitrogen and oxygen atoms in total. The van der Waals surface area contributed by atoms with Crippen molar-refractivity contribution in [3.8, 4) is 0 Å². The fourth-order valence-electron chi connectivity index (χ4n) is 1.33. The average Bonchev–Trinajstić information content (AvgIpc) is 2.76. The van der Waals surface area contributed by atoms with Crippen molar-refractivity contribution >= 4 is 40.4 Å². The highest BCUT2D eigenvalue weighted by molar-refractivity contribution is 7.16. The summed E-state index contributed by atoms with van der Waals surface area (Å²) in [6, 6.07) is 3.55. The Morgan fingerprint density at radius 2 is 2.11 bits per heavy atom. The summed E-state index contributed by atoms with van der Waals surface area (Å²) in [7, 11) is 0. The Bertz CT molecular complexity index is 556. The van der Waals surface area contributed by atoms with Crippen LogP contribution in [0, 0.1) is 0 Å². The van der Waals surface area contributed by atoms with Gasteiger partial charge in [-0.2, -0.15) is 0 Å². The maximum absolute atomic E-state index is 11.9. The third kappa shape index (κ3) is 3.19. The highest BCUT2D eigenvalue weighted by Gasteiger charge is 2.14. The van der Waals surface area contributed by atoms with Crippen LogP contribution in [0.15, 0.2) is 24.5 Å². The first-order valence-electron chi connectivity index (χ1n) is 5.10. The molecule has 1 atom stereocenters. The fourth-order valence-corrected chi connectivity index (χ4v) is 2.49. The lowest BCUT2D eigenvalue weighted by atomic mass is 10.2. The molecule has 0 saturated heterocycles. The van der Waals surface area contributed by atoms with Crippen molar-refractivity contribution in [2.75, 3.05) is 0 Å². The summed E-state index contributed by atoms with van der Waals surface area (Å²) >= 11 is 12.9. The number of hydrogen-bond acceptors (Lipinski definition) is 4. The first-order chi connectivity index (χ1) is 8.56. The van der Waals surface area contributed by atoms with Gasteiger partial charge in [0.15, 0.2) is 0 Å². The van der Waals surface area contributed by atoms with Gasteiger partial charge >= 0.3 is 0 Å². The van der Waals surface area contributed by atoms with Crippen LogP contribution in [0.3, 0.4) is 0 Å². The second-order valence-corrected chi connectivity index (χ2v) is 5.70. The van der Waals surface area contributed by atoms with E-state index in [1.54, 1.807) is 6.07 Å². The molecule has 0 aliphatic heterocycles. The molecule has 0 saturated carbocycles. The molecular weight excluding hydrogens is 293 g/mol. The average molecular weight is 302 g/mol. The van der Waals surface area contributed by atoms with Gasteiger partial charge in [-0.15, -0.1) is 11.3 Å². The maximum atomic E-state index is 11.9. The number of carbonyl (C=O) groups excluding carboxylic acids is 1. The van der Waals surface area contributed by atoms with Crippen LogP contribution in [0.1, 0.15) is 28.3 Å². The molecule has 18 heavy (non-hydrogen) atoms. The van der Waals surface area contributed by atoms with Gasteiger partial charge in [-0.05, 0) is 19.1 Å². The molecule has 7 heteroatoms. The van der Waals surface area contributed by atoms with E-state index in [0.29, 0.717) is 4.34 Å². The Hall–Kier alpha value is -1.17. The molecule has 0 aliphatic carbocycles. The summed E-state index contributed by atoms with van der Waals surface area (Å²) < 4.78 is 0.692. The number of nitrogens with one attached hydrogen (secondary N) is 1. The standard InChI is InChI=1S/C11H9Cl2N3OS/c1-6(8-2-3-10(13)18-8)16-11(17)7-4-15-9(12)5-14-7/h2-6H,1H3,(H,16,17).